The Morgan fingerprint density at radius 3 is 1.14 bits per heavy atom. The Hall–Kier alpha value is -0.298. The Kier molecular flexibility index (Phi) is 30.2. The van der Waals surface area contributed by atoms with E-state index in [4.69, 9.17) is 39.9 Å². The van der Waals surface area contributed by atoms with E-state index in [1.165, 1.54) is 5.56 Å². The van der Waals surface area contributed by atoms with Crippen LogP contribution < -0.4 is 0 Å². The molecule has 0 saturated heterocycles. The predicted molar refractivity (Wildman–Crippen MR) is 71.4 cm³/mol. The topological polar surface area (TPSA) is 190 Å². The average Bonchev–Trinajstić information content (AvgIpc) is 2.28. The first kappa shape index (κ1) is 28.8. The second kappa shape index (κ2) is 22.0. The van der Waals surface area contributed by atoms with Crippen LogP contribution in [-0.2, 0) is 34.1 Å². The van der Waals surface area contributed by atoms with Gasteiger partial charge in [-0.25, -0.2) is 0 Å². The average molecular weight is 371 g/mol. The van der Waals surface area contributed by atoms with E-state index in [9.17, 15) is 0 Å². The zero-order valence-corrected chi connectivity index (χ0v) is 13.8. The van der Waals surface area contributed by atoms with Crippen molar-refractivity contribution in [3.8, 4) is 0 Å². The van der Waals surface area contributed by atoms with Gasteiger partial charge in [0.1, 0.15) is 0 Å². The minimum Gasteiger partial charge on any atom is -0.784 e. The molecule has 0 radical (unpaired) electrons. The van der Waals surface area contributed by atoms with Crippen LogP contribution in [0.5, 0.6) is 0 Å². The fraction of sp³-hybridized carbons (Fsp3) is 0. The Bertz CT molecular complexity index is 374. The maximum atomic E-state index is 8.44. The normalized spacial score (nSPS) is 8.24. The molecular formula is C8H8AlO9S3-3. The molecule has 0 aliphatic rings. The van der Waals surface area contributed by atoms with Crippen molar-refractivity contribution >= 4 is 57.5 Å². The van der Waals surface area contributed by atoms with Gasteiger partial charge in [0.2, 0.25) is 0 Å². The minimum absolute atomic E-state index is 0. The van der Waals surface area contributed by atoms with E-state index < -0.39 is 34.1 Å². The summed E-state index contributed by atoms with van der Waals surface area (Å²) < 4.78 is 76.0. The van der Waals surface area contributed by atoms with Crippen molar-refractivity contribution in [3.05, 3.63) is 42.5 Å². The van der Waals surface area contributed by atoms with Crippen LogP contribution in [0.15, 0.2) is 36.9 Å². The molecule has 21 heavy (non-hydrogen) atoms. The number of rotatable bonds is 1. The van der Waals surface area contributed by atoms with Crippen molar-refractivity contribution < 1.29 is 39.9 Å². The maximum Gasteiger partial charge on any atom is 3.00 e. The minimum atomic E-state index is -3.11. The van der Waals surface area contributed by atoms with Gasteiger partial charge in [-0.3, -0.25) is 12.6 Å². The number of benzene rings is 1. The Morgan fingerprint density at radius 1 is 0.762 bits per heavy atom. The third kappa shape index (κ3) is 65.6. The van der Waals surface area contributed by atoms with E-state index in [0.717, 1.165) is 0 Å². The molecule has 0 fully saturated rings. The number of hydrogen-bond acceptors (Lipinski definition) is 9. The van der Waals surface area contributed by atoms with Crippen molar-refractivity contribution in [1.29, 1.82) is 0 Å². The smallest absolute Gasteiger partial charge is 0.784 e. The Balaban J connectivity index is -0.0000000973. The van der Waals surface area contributed by atoms with Crippen LogP contribution >= 0.6 is 0 Å². The fourth-order valence-corrected chi connectivity index (χ4v) is 0.589. The molecule has 0 aliphatic heterocycles. The largest absolute Gasteiger partial charge is 3.00 e. The molecule has 0 bridgehead atoms. The van der Waals surface area contributed by atoms with Gasteiger partial charge in [-0.2, -0.15) is 0 Å². The zero-order valence-electron chi connectivity index (χ0n) is 10.1. The van der Waals surface area contributed by atoms with E-state index in [1.54, 1.807) is 0 Å². The van der Waals surface area contributed by atoms with Gasteiger partial charge in [-0.15, -0.1) is 34.1 Å². The van der Waals surface area contributed by atoms with Crippen LogP contribution in [-0.4, -0.2) is 57.3 Å². The van der Waals surface area contributed by atoms with E-state index >= 15 is 0 Å². The monoisotopic (exact) mass is 371 g/mol. The first-order valence-corrected chi connectivity index (χ1v) is 7.11. The summed E-state index contributed by atoms with van der Waals surface area (Å²) in [6, 6.07) is 10.0. The van der Waals surface area contributed by atoms with Gasteiger partial charge >= 0.3 is 17.4 Å². The van der Waals surface area contributed by atoms with Crippen LogP contribution in [0.4, 0.5) is 0 Å². The molecule has 0 aromatic heterocycles. The van der Waals surface area contributed by atoms with Crippen molar-refractivity contribution in [2.45, 2.75) is 0 Å². The molecule has 0 aliphatic carbocycles. The Morgan fingerprint density at radius 2 is 1.00 bits per heavy atom. The number of hydrogen-bond donors (Lipinski definition) is 0. The quantitative estimate of drug-likeness (QED) is 0.437. The molecule has 0 N–H and O–H groups in total. The summed E-state index contributed by atoms with van der Waals surface area (Å²) >= 11 is -9.33. The molecule has 0 atom stereocenters. The molecule has 1 rings (SSSR count). The third-order valence-corrected chi connectivity index (χ3v) is 1.04. The van der Waals surface area contributed by atoms with Crippen molar-refractivity contribution in [2.75, 3.05) is 0 Å². The molecule has 0 amide bonds. The van der Waals surface area contributed by atoms with Gasteiger partial charge < -0.3 is 27.3 Å². The molecule has 0 unspecified atom stereocenters. The van der Waals surface area contributed by atoms with Crippen LogP contribution in [0, 0.1) is 0 Å². The first-order valence-electron chi connectivity index (χ1n) is 4.11. The van der Waals surface area contributed by atoms with E-state index in [0.29, 0.717) is 0 Å². The first-order chi connectivity index (χ1) is 9.13. The SMILES string of the molecule is C=Cc1ccccc1.O=S([O-])[O-].O=S([O-])[O-].O=S([O-])[O-].[Al+3]. The molecule has 1 aromatic rings. The fourth-order valence-electron chi connectivity index (χ4n) is 0.589. The molecule has 0 spiro atoms. The molecule has 9 nitrogen and oxygen atoms in total. The van der Waals surface area contributed by atoms with Crippen LogP contribution in [0.25, 0.3) is 6.08 Å². The van der Waals surface area contributed by atoms with Gasteiger partial charge in [0.05, 0.1) is 0 Å². The Labute approximate surface area is 140 Å². The standard InChI is InChI=1S/C8H8.Al.3H2O3S/c1-2-8-6-4-3-5-7-8;;3*1-4(2)3/h2-7H,1H2;;3*(H2,1,2,3)/q;+3;;;/p-6. The van der Waals surface area contributed by atoms with Gasteiger partial charge in [-0.05, 0) is 5.56 Å². The van der Waals surface area contributed by atoms with Crippen LogP contribution in [0.3, 0.4) is 0 Å². The van der Waals surface area contributed by atoms with Gasteiger partial charge in [0.25, 0.3) is 0 Å². The summed E-state index contributed by atoms with van der Waals surface area (Å²) in [5.74, 6) is 0. The summed E-state index contributed by atoms with van der Waals surface area (Å²) in [5.41, 5.74) is 1.17. The summed E-state index contributed by atoms with van der Waals surface area (Å²) in [4.78, 5) is 0. The molecule has 118 valence electrons. The van der Waals surface area contributed by atoms with Crippen molar-refractivity contribution in [2.24, 2.45) is 0 Å². The summed E-state index contributed by atoms with van der Waals surface area (Å²) in [6.07, 6.45) is 1.83. The molecule has 0 heterocycles. The maximum absolute atomic E-state index is 8.44. The third-order valence-electron chi connectivity index (χ3n) is 1.04. The molecule has 0 saturated carbocycles. The summed E-state index contributed by atoms with van der Waals surface area (Å²) in [5, 5.41) is 0. The predicted octanol–water partition coefficient (Wildman–Crippen LogP) is -1.06. The van der Waals surface area contributed by atoms with Crippen LogP contribution in [0.2, 0.25) is 0 Å². The van der Waals surface area contributed by atoms with Gasteiger partial charge in [-0.1, -0.05) is 43.0 Å². The molecule has 13 heteroatoms. The van der Waals surface area contributed by atoms with Crippen LogP contribution in [0.1, 0.15) is 5.56 Å². The second-order valence-corrected chi connectivity index (χ2v) is 3.45. The van der Waals surface area contributed by atoms with Crippen molar-refractivity contribution in [3.63, 3.8) is 0 Å². The summed E-state index contributed by atoms with van der Waals surface area (Å²) in [7, 11) is 0. The van der Waals surface area contributed by atoms with Gasteiger partial charge in [0.15, 0.2) is 0 Å². The summed E-state index contributed by atoms with van der Waals surface area (Å²) in [6.45, 7) is 3.63. The van der Waals surface area contributed by atoms with Crippen molar-refractivity contribution in [1.82, 2.24) is 0 Å². The second-order valence-electron chi connectivity index (χ2n) is 2.23. The van der Waals surface area contributed by atoms with Gasteiger partial charge in [0, 0.05) is 0 Å². The van der Waals surface area contributed by atoms with E-state index in [-0.39, 0.29) is 17.4 Å². The van der Waals surface area contributed by atoms with E-state index in [1.807, 2.05) is 36.4 Å². The molecule has 1 aromatic carbocycles. The van der Waals surface area contributed by atoms with E-state index in [2.05, 4.69) is 6.58 Å². The zero-order chi connectivity index (χ0) is 16.6. The molecular weight excluding hydrogens is 363 g/mol.